The van der Waals surface area contributed by atoms with Crippen LogP contribution in [0.3, 0.4) is 0 Å². The van der Waals surface area contributed by atoms with E-state index in [0.29, 0.717) is 12.6 Å². The van der Waals surface area contributed by atoms with E-state index < -0.39 is 0 Å². The number of nitrogens with zero attached hydrogens (tertiary/aromatic N) is 1. The van der Waals surface area contributed by atoms with Crippen molar-refractivity contribution < 1.29 is 5.11 Å². The summed E-state index contributed by atoms with van der Waals surface area (Å²) in [6, 6.07) is 6.64. The molecule has 0 amide bonds. The molecule has 1 aromatic rings. The standard InChI is InChI=1S/C17H27ClN2O/c1-17(2,3)19-12-13-11-14(18)7-8-16(13)20(9-10-21)15-5-4-6-15/h7-8,11,15,19,21H,4-6,9-10,12H2,1-3H3. The first-order chi connectivity index (χ1) is 9.90. The van der Waals surface area contributed by atoms with Crippen LogP contribution in [-0.4, -0.2) is 29.8 Å². The first-order valence-corrected chi connectivity index (χ1v) is 8.19. The summed E-state index contributed by atoms with van der Waals surface area (Å²) in [5.74, 6) is 0. The van der Waals surface area contributed by atoms with Crippen molar-refractivity contribution in [1.29, 1.82) is 0 Å². The van der Waals surface area contributed by atoms with Gasteiger partial charge in [0.25, 0.3) is 0 Å². The molecule has 3 nitrogen and oxygen atoms in total. The van der Waals surface area contributed by atoms with Crippen molar-refractivity contribution in [2.24, 2.45) is 0 Å². The largest absolute Gasteiger partial charge is 0.395 e. The predicted molar refractivity (Wildman–Crippen MR) is 90.1 cm³/mol. The van der Waals surface area contributed by atoms with Crippen molar-refractivity contribution >= 4 is 17.3 Å². The number of aliphatic hydroxyl groups excluding tert-OH is 1. The number of hydrogen-bond acceptors (Lipinski definition) is 3. The second-order valence-electron chi connectivity index (χ2n) is 6.88. The van der Waals surface area contributed by atoms with Crippen molar-refractivity contribution in [2.75, 3.05) is 18.1 Å². The van der Waals surface area contributed by atoms with Gasteiger partial charge in [-0.1, -0.05) is 11.6 Å². The zero-order valence-electron chi connectivity index (χ0n) is 13.3. The van der Waals surface area contributed by atoms with Crippen LogP contribution in [0.4, 0.5) is 5.69 Å². The van der Waals surface area contributed by atoms with E-state index in [1.165, 1.54) is 30.5 Å². The lowest BCUT2D eigenvalue weighted by Gasteiger charge is -2.40. The number of halogens is 1. The Labute approximate surface area is 133 Å². The van der Waals surface area contributed by atoms with Gasteiger partial charge in [0.2, 0.25) is 0 Å². The minimum absolute atomic E-state index is 0.0673. The summed E-state index contributed by atoms with van der Waals surface area (Å²) in [4.78, 5) is 2.35. The van der Waals surface area contributed by atoms with E-state index in [-0.39, 0.29) is 12.1 Å². The third-order valence-corrected chi connectivity index (χ3v) is 4.25. The summed E-state index contributed by atoms with van der Waals surface area (Å²) in [6.07, 6.45) is 3.72. The maximum atomic E-state index is 9.39. The number of anilines is 1. The summed E-state index contributed by atoms with van der Waals surface area (Å²) in [6.45, 7) is 8.14. The molecule has 4 heteroatoms. The molecule has 0 spiro atoms. The Hall–Kier alpha value is -0.770. The van der Waals surface area contributed by atoms with E-state index in [4.69, 9.17) is 11.6 Å². The van der Waals surface area contributed by atoms with Gasteiger partial charge in [-0.05, 0) is 63.8 Å². The molecule has 0 radical (unpaired) electrons. The normalized spacial score (nSPS) is 15.9. The van der Waals surface area contributed by atoms with Gasteiger partial charge in [-0.3, -0.25) is 0 Å². The van der Waals surface area contributed by atoms with E-state index in [9.17, 15) is 5.11 Å². The summed E-state index contributed by atoms with van der Waals surface area (Å²) >= 11 is 6.18. The van der Waals surface area contributed by atoms with Gasteiger partial charge in [0.1, 0.15) is 0 Å². The second-order valence-corrected chi connectivity index (χ2v) is 7.31. The molecule has 1 aromatic carbocycles. The first-order valence-electron chi connectivity index (χ1n) is 7.81. The Morgan fingerprint density at radius 3 is 2.57 bits per heavy atom. The summed E-state index contributed by atoms with van der Waals surface area (Å²) in [5.41, 5.74) is 2.48. The molecule has 0 heterocycles. The van der Waals surface area contributed by atoms with Crippen molar-refractivity contribution in [3.63, 3.8) is 0 Å². The number of rotatable bonds is 6. The Balaban J connectivity index is 2.23. The average Bonchev–Trinajstić information content (AvgIpc) is 2.33. The molecule has 1 fully saturated rings. The lowest BCUT2D eigenvalue weighted by Crippen LogP contribution is -2.43. The van der Waals surface area contributed by atoms with Crippen LogP contribution in [0.25, 0.3) is 0 Å². The second kappa shape index (κ2) is 6.99. The van der Waals surface area contributed by atoms with Crippen LogP contribution in [-0.2, 0) is 6.54 Å². The summed E-state index contributed by atoms with van der Waals surface area (Å²) in [5, 5.41) is 13.7. The summed E-state index contributed by atoms with van der Waals surface area (Å²) < 4.78 is 0. The highest BCUT2D eigenvalue weighted by Crippen LogP contribution is 2.33. The predicted octanol–water partition coefficient (Wildman–Crippen LogP) is 3.58. The highest BCUT2D eigenvalue weighted by atomic mass is 35.5. The van der Waals surface area contributed by atoms with E-state index in [1.807, 2.05) is 12.1 Å². The molecule has 0 unspecified atom stereocenters. The van der Waals surface area contributed by atoms with Gasteiger partial charge in [0.15, 0.2) is 0 Å². The number of benzene rings is 1. The molecule has 21 heavy (non-hydrogen) atoms. The molecule has 1 aliphatic carbocycles. The molecule has 1 aliphatic rings. The van der Waals surface area contributed by atoms with Crippen LogP contribution >= 0.6 is 11.6 Å². The molecule has 0 atom stereocenters. The molecule has 2 N–H and O–H groups in total. The van der Waals surface area contributed by atoms with Crippen molar-refractivity contribution in [2.45, 2.75) is 58.2 Å². The Morgan fingerprint density at radius 2 is 2.05 bits per heavy atom. The molecule has 1 saturated carbocycles. The van der Waals surface area contributed by atoms with Crippen LogP contribution in [0.2, 0.25) is 5.02 Å². The fourth-order valence-corrected chi connectivity index (χ4v) is 2.84. The van der Waals surface area contributed by atoms with E-state index in [2.05, 4.69) is 37.1 Å². The third-order valence-electron chi connectivity index (χ3n) is 4.02. The highest BCUT2D eigenvalue weighted by molar-refractivity contribution is 6.30. The summed E-state index contributed by atoms with van der Waals surface area (Å²) in [7, 11) is 0. The molecule has 118 valence electrons. The maximum absolute atomic E-state index is 9.39. The van der Waals surface area contributed by atoms with Crippen LogP contribution in [0.5, 0.6) is 0 Å². The molecule has 0 saturated heterocycles. The first kappa shape index (κ1) is 16.6. The lowest BCUT2D eigenvalue weighted by atomic mass is 9.90. The zero-order chi connectivity index (χ0) is 15.5. The Bertz CT molecular complexity index is 466. The van der Waals surface area contributed by atoms with E-state index >= 15 is 0 Å². The van der Waals surface area contributed by atoms with Crippen molar-refractivity contribution in [3.05, 3.63) is 28.8 Å². The number of aliphatic hydroxyl groups is 1. The van der Waals surface area contributed by atoms with Gasteiger partial charge in [-0.2, -0.15) is 0 Å². The van der Waals surface area contributed by atoms with Gasteiger partial charge in [-0.25, -0.2) is 0 Å². The minimum atomic E-state index is 0.0673. The number of hydrogen-bond donors (Lipinski definition) is 2. The van der Waals surface area contributed by atoms with Crippen molar-refractivity contribution in [3.8, 4) is 0 Å². The Morgan fingerprint density at radius 1 is 1.33 bits per heavy atom. The maximum Gasteiger partial charge on any atom is 0.0606 e. The SMILES string of the molecule is CC(C)(C)NCc1cc(Cl)ccc1N(CCO)C1CCC1. The fraction of sp³-hybridized carbons (Fsp3) is 0.647. The molecule has 0 bridgehead atoms. The Kier molecular flexibility index (Phi) is 5.53. The minimum Gasteiger partial charge on any atom is -0.395 e. The van der Waals surface area contributed by atoms with Crippen LogP contribution in [0, 0.1) is 0 Å². The number of nitrogens with one attached hydrogen (secondary N) is 1. The highest BCUT2D eigenvalue weighted by Gasteiger charge is 2.26. The third kappa shape index (κ3) is 4.60. The van der Waals surface area contributed by atoms with Crippen LogP contribution in [0.1, 0.15) is 45.6 Å². The van der Waals surface area contributed by atoms with Gasteiger partial charge in [0.05, 0.1) is 6.61 Å². The van der Waals surface area contributed by atoms with Crippen LogP contribution < -0.4 is 10.2 Å². The topological polar surface area (TPSA) is 35.5 Å². The molecular formula is C17H27ClN2O. The van der Waals surface area contributed by atoms with Crippen LogP contribution in [0.15, 0.2) is 18.2 Å². The van der Waals surface area contributed by atoms with Gasteiger partial charge in [0, 0.05) is 35.4 Å². The van der Waals surface area contributed by atoms with Gasteiger partial charge < -0.3 is 15.3 Å². The van der Waals surface area contributed by atoms with Gasteiger partial charge >= 0.3 is 0 Å². The molecule has 0 aliphatic heterocycles. The van der Waals surface area contributed by atoms with Crippen molar-refractivity contribution in [1.82, 2.24) is 5.32 Å². The smallest absolute Gasteiger partial charge is 0.0606 e. The lowest BCUT2D eigenvalue weighted by molar-refractivity contribution is 0.283. The monoisotopic (exact) mass is 310 g/mol. The quantitative estimate of drug-likeness (QED) is 0.843. The molecular weight excluding hydrogens is 284 g/mol. The average molecular weight is 311 g/mol. The van der Waals surface area contributed by atoms with Gasteiger partial charge in [-0.15, -0.1) is 0 Å². The zero-order valence-corrected chi connectivity index (χ0v) is 14.1. The molecule has 2 rings (SSSR count). The van der Waals surface area contributed by atoms with E-state index in [0.717, 1.165) is 11.6 Å². The van der Waals surface area contributed by atoms with E-state index in [1.54, 1.807) is 0 Å². The fourth-order valence-electron chi connectivity index (χ4n) is 2.64. The molecule has 0 aromatic heterocycles.